The Morgan fingerprint density at radius 1 is 1.47 bits per heavy atom. The number of urea groups is 1. The second-order valence-corrected chi connectivity index (χ2v) is 3.53. The van der Waals surface area contributed by atoms with Crippen LogP contribution in [-0.2, 0) is 7.05 Å². The Kier molecular flexibility index (Phi) is 1.38. The van der Waals surface area contributed by atoms with E-state index in [0.717, 1.165) is 16.5 Å². The first-order valence-corrected chi connectivity index (χ1v) is 4.57. The van der Waals surface area contributed by atoms with E-state index in [-0.39, 0.29) is 6.03 Å². The van der Waals surface area contributed by atoms with Gasteiger partial charge in [0.25, 0.3) is 0 Å². The molecule has 2 aliphatic heterocycles. The van der Waals surface area contributed by atoms with Gasteiger partial charge in [-0.25, -0.2) is 15.2 Å². The largest absolute Gasteiger partial charge is 0.343 e. The fourth-order valence-corrected chi connectivity index (χ4v) is 1.91. The van der Waals surface area contributed by atoms with E-state index in [1.54, 1.807) is 27.8 Å². The summed E-state index contributed by atoms with van der Waals surface area (Å²) in [5.41, 5.74) is 3.50. The van der Waals surface area contributed by atoms with Crippen molar-refractivity contribution in [3.8, 4) is 0 Å². The predicted octanol–water partition coefficient (Wildman–Crippen LogP) is -2.05. The molecule has 0 unspecified atom stereocenters. The zero-order valence-electron chi connectivity index (χ0n) is 8.43. The van der Waals surface area contributed by atoms with Crippen LogP contribution in [0.2, 0.25) is 0 Å². The number of hydrogen-bond donors (Lipinski definition) is 1. The third-order valence-electron chi connectivity index (χ3n) is 2.59. The van der Waals surface area contributed by atoms with Gasteiger partial charge in [-0.2, -0.15) is 5.10 Å². The number of carbonyl (C=O) groups is 1. The molecular formula is C8H10N6O. The number of hydrazine groups is 1. The Morgan fingerprint density at radius 3 is 3.07 bits per heavy atom. The highest BCUT2D eigenvalue weighted by Crippen LogP contribution is 2.14. The summed E-state index contributed by atoms with van der Waals surface area (Å²) in [6.45, 7) is 0.345. The van der Waals surface area contributed by atoms with Gasteiger partial charge in [0.05, 0.1) is 11.4 Å². The van der Waals surface area contributed by atoms with E-state index in [2.05, 4.69) is 15.5 Å². The molecule has 7 heteroatoms. The molecule has 0 spiro atoms. The number of fused-ring (bicyclic) bond motifs is 2. The normalized spacial score (nSPS) is 18.5. The Morgan fingerprint density at radius 2 is 2.27 bits per heavy atom. The molecule has 3 heterocycles. The quantitative estimate of drug-likeness (QED) is 0.531. The van der Waals surface area contributed by atoms with Crippen LogP contribution in [0.4, 0.5) is 4.79 Å². The number of amides is 2. The van der Waals surface area contributed by atoms with E-state index >= 15 is 0 Å². The van der Waals surface area contributed by atoms with Crippen LogP contribution in [0.1, 0.15) is 0 Å². The van der Waals surface area contributed by atoms with Crippen molar-refractivity contribution in [2.24, 2.45) is 12.0 Å². The summed E-state index contributed by atoms with van der Waals surface area (Å²) in [6.07, 6.45) is 1.72. The Labute approximate surface area is 85.3 Å². The number of carbonyl (C=O) groups excluding carboxylic acids is 1. The van der Waals surface area contributed by atoms with Crippen LogP contribution in [0.15, 0.2) is 11.2 Å². The molecule has 1 N–H and O–H groups in total. The summed E-state index contributed by atoms with van der Waals surface area (Å²) in [7, 11) is 3.64. The molecule has 3 rings (SSSR count). The maximum Gasteiger partial charge on any atom is 0.343 e. The van der Waals surface area contributed by atoms with Crippen molar-refractivity contribution in [2.75, 3.05) is 13.7 Å². The van der Waals surface area contributed by atoms with Crippen molar-refractivity contribution < 1.29 is 4.79 Å². The highest BCUT2D eigenvalue weighted by molar-refractivity contribution is 5.85. The molecule has 2 amide bonds. The summed E-state index contributed by atoms with van der Waals surface area (Å²) < 4.78 is 1.70. The monoisotopic (exact) mass is 206 g/mol. The zero-order chi connectivity index (χ0) is 10.6. The van der Waals surface area contributed by atoms with Crippen molar-refractivity contribution in [3.63, 3.8) is 0 Å². The summed E-state index contributed by atoms with van der Waals surface area (Å²) in [4.78, 5) is 17.4. The van der Waals surface area contributed by atoms with Gasteiger partial charge in [0.15, 0.2) is 5.49 Å². The number of aryl methyl sites for hydroxylation is 1. The van der Waals surface area contributed by atoms with E-state index < -0.39 is 0 Å². The molecule has 0 bridgehead atoms. The number of aromatic nitrogens is 2. The number of nitrogens with one attached hydrogen (secondary N) is 1. The molecule has 1 aromatic rings. The standard InChI is InChI=1S/C8H10N6O/c1-12-6-5(3-10-12)7-13(2)11-8(15)14(7)4-9-6/h3H,4H2,1-2H3,(H,11,15). The van der Waals surface area contributed by atoms with Crippen molar-refractivity contribution in [1.29, 1.82) is 0 Å². The highest BCUT2D eigenvalue weighted by Gasteiger charge is 2.32. The summed E-state index contributed by atoms with van der Waals surface area (Å²) in [6, 6.07) is -0.147. The fraction of sp³-hybridized carbons (Fsp3) is 0.375. The third-order valence-corrected chi connectivity index (χ3v) is 2.59. The SMILES string of the molecule is CN1NC(=O)N2CN=c3c(cnn3C)=C12. The second-order valence-electron chi connectivity index (χ2n) is 3.53. The molecular weight excluding hydrogens is 196 g/mol. The average molecular weight is 206 g/mol. The molecule has 0 saturated carbocycles. The van der Waals surface area contributed by atoms with Crippen molar-refractivity contribution in [3.05, 3.63) is 16.9 Å². The zero-order valence-corrected chi connectivity index (χ0v) is 8.43. The molecule has 1 aromatic heterocycles. The van der Waals surface area contributed by atoms with E-state index in [9.17, 15) is 4.79 Å². The van der Waals surface area contributed by atoms with E-state index in [1.807, 2.05) is 7.05 Å². The average Bonchev–Trinajstić information content (AvgIpc) is 2.70. The first kappa shape index (κ1) is 8.27. The van der Waals surface area contributed by atoms with E-state index in [1.165, 1.54) is 0 Å². The van der Waals surface area contributed by atoms with Crippen LogP contribution in [0.25, 0.3) is 5.82 Å². The van der Waals surface area contributed by atoms with Gasteiger partial charge in [0, 0.05) is 14.1 Å². The van der Waals surface area contributed by atoms with Crippen LogP contribution in [0.5, 0.6) is 0 Å². The van der Waals surface area contributed by atoms with E-state index in [0.29, 0.717) is 6.67 Å². The van der Waals surface area contributed by atoms with Gasteiger partial charge in [0.1, 0.15) is 12.5 Å². The lowest BCUT2D eigenvalue weighted by molar-refractivity contribution is 0.222. The Bertz CT molecular complexity index is 558. The van der Waals surface area contributed by atoms with Crippen LogP contribution >= 0.6 is 0 Å². The molecule has 0 atom stereocenters. The predicted molar refractivity (Wildman–Crippen MR) is 50.4 cm³/mol. The van der Waals surface area contributed by atoms with Gasteiger partial charge in [-0.15, -0.1) is 0 Å². The maximum atomic E-state index is 11.5. The molecule has 78 valence electrons. The van der Waals surface area contributed by atoms with Gasteiger partial charge < -0.3 is 0 Å². The molecule has 0 radical (unpaired) electrons. The summed E-state index contributed by atoms with van der Waals surface area (Å²) in [5, 5.41) is 6.70. The molecule has 7 nitrogen and oxygen atoms in total. The minimum absolute atomic E-state index is 0.147. The fourth-order valence-electron chi connectivity index (χ4n) is 1.91. The molecule has 2 aliphatic rings. The minimum Gasteiger partial charge on any atom is -0.271 e. The first-order chi connectivity index (χ1) is 7.18. The third kappa shape index (κ3) is 0.915. The molecule has 1 fully saturated rings. The van der Waals surface area contributed by atoms with Crippen LogP contribution in [0.3, 0.4) is 0 Å². The highest BCUT2D eigenvalue weighted by atomic mass is 16.2. The summed E-state index contributed by atoms with van der Waals surface area (Å²) in [5.74, 6) is 0.818. The number of rotatable bonds is 0. The summed E-state index contributed by atoms with van der Waals surface area (Å²) >= 11 is 0. The molecule has 0 aliphatic carbocycles. The molecule has 15 heavy (non-hydrogen) atoms. The van der Waals surface area contributed by atoms with Crippen LogP contribution < -0.4 is 16.1 Å². The Balaban J connectivity index is 2.38. The van der Waals surface area contributed by atoms with Crippen LogP contribution in [-0.4, -0.2) is 39.4 Å². The lowest BCUT2D eigenvalue weighted by Crippen LogP contribution is -2.42. The van der Waals surface area contributed by atoms with Gasteiger partial charge in [0.2, 0.25) is 0 Å². The molecule has 0 aromatic carbocycles. The molecule has 1 saturated heterocycles. The van der Waals surface area contributed by atoms with Gasteiger partial charge in [-0.1, -0.05) is 0 Å². The Hall–Kier alpha value is -2.05. The van der Waals surface area contributed by atoms with Crippen molar-refractivity contribution in [2.45, 2.75) is 0 Å². The lowest BCUT2D eigenvalue weighted by Gasteiger charge is -2.17. The van der Waals surface area contributed by atoms with Crippen LogP contribution in [0, 0.1) is 0 Å². The van der Waals surface area contributed by atoms with Gasteiger partial charge in [-0.3, -0.25) is 14.6 Å². The first-order valence-electron chi connectivity index (χ1n) is 4.57. The minimum atomic E-state index is -0.147. The second kappa shape index (κ2) is 2.50. The van der Waals surface area contributed by atoms with E-state index in [4.69, 9.17) is 0 Å². The number of nitrogens with zero attached hydrogens (tertiary/aromatic N) is 5. The maximum absolute atomic E-state index is 11.5. The lowest BCUT2D eigenvalue weighted by atomic mass is 10.4. The van der Waals surface area contributed by atoms with Crippen molar-refractivity contribution >= 4 is 11.9 Å². The smallest absolute Gasteiger partial charge is 0.271 e. The topological polar surface area (TPSA) is 65.8 Å². The van der Waals surface area contributed by atoms with Gasteiger partial charge in [-0.05, 0) is 0 Å². The number of hydrogen-bond acceptors (Lipinski definition) is 4. The van der Waals surface area contributed by atoms with Gasteiger partial charge >= 0.3 is 6.03 Å². The van der Waals surface area contributed by atoms with Crippen molar-refractivity contribution in [1.82, 2.24) is 25.1 Å².